The molecule has 3 aromatic rings. The Labute approximate surface area is 104 Å². The van der Waals surface area contributed by atoms with Gasteiger partial charge >= 0.3 is 5.69 Å². The Balaban J connectivity index is 2.21. The molecule has 2 aromatic heterocycles. The van der Waals surface area contributed by atoms with Crippen LogP contribution >= 0.6 is 0 Å². The third-order valence-corrected chi connectivity index (χ3v) is 3.27. The average Bonchev–Trinajstić information content (AvgIpc) is 2.88. The molecule has 0 fully saturated rings. The molecule has 5 nitrogen and oxygen atoms in total. The van der Waals surface area contributed by atoms with E-state index in [-0.39, 0.29) is 5.69 Å². The molecule has 0 saturated carbocycles. The average molecular weight is 242 g/mol. The SMILES string of the molecule is Cn1ccnc1Cn1c(=O)n(C)c2ccccc21. The number of benzene rings is 1. The van der Waals surface area contributed by atoms with Gasteiger partial charge in [-0.15, -0.1) is 0 Å². The topological polar surface area (TPSA) is 44.8 Å². The van der Waals surface area contributed by atoms with Gasteiger partial charge < -0.3 is 4.57 Å². The van der Waals surface area contributed by atoms with Gasteiger partial charge in [0.1, 0.15) is 5.82 Å². The van der Waals surface area contributed by atoms with Crippen molar-refractivity contribution >= 4 is 11.0 Å². The third kappa shape index (κ3) is 1.48. The maximum atomic E-state index is 12.2. The molecule has 0 aliphatic heterocycles. The molecular formula is C13H14N4O. The van der Waals surface area contributed by atoms with Crippen molar-refractivity contribution in [3.63, 3.8) is 0 Å². The van der Waals surface area contributed by atoms with Gasteiger partial charge in [0.15, 0.2) is 0 Å². The summed E-state index contributed by atoms with van der Waals surface area (Å²) < 4.78 is 5.34. The fourth-order valence-corrected chi connectivity index (χ4v) is 2.21. The minimum absolute atomic E-state index is 0.0146. The molecule has 5 heteroatoms. The molecule has 18 heavy (non-hydrogen) atoms. The second-order valence-electron chi connectivity index (χ2n) is 4.37. The Kier molecular flexibility index (Phi) is 2.33. The Bertz CT molecular complexity index is 763. The Morgan fingerprint density at radius 3 is 2.56 bits per heavy atom. The number of fused-ring (bicyclic) bond motifs is 1. The first kappa shape index (κ1) is 10.8. The molecule has 0 aliphatic carbocycles. The van der Waals surface area contributed by atoms with Gasteiger partial charge in [-0.25, -0.2) is 9.78 Å². The van der Waals surface area contributed by atoms with E-state index in [0.717, 1.165) is 16.9 Å². The largest absolute Gasteiger partial charge is 0.337 e. The summed E-state index contributed by atoms with van der Waals surface area (Å²) in [7, 11) is 3.72. The number of rotatable bonds is 2. The van der Waals surface area contributed by atoms with Gasteiger partial charge in [-0.2, -0.15) is 0 Å². The second kappa shape index (κ2) is 3.87. The number of hydrogen-bond acceptors (Lipinski definition) is 2. The van der Waals surface area contributed by atoms with E-state index in [4.69, 9.17) is 0 Å². The molecule has 1 aromatic carbocycles. The number of hydrogen-bond donors (Lipinski definition) is 0. The van der Waals surface area contributed by atoms with Crippen LogP contribution in [0.15, 0.2) is 41.5 Å². The predicted molar refractivity (Wildman–Crippen MR) is 69.5 cm³/mol. The summed E-state index contributed by atoms with van der Waals surface area (Å²) in [6, 6.07) is 7.79. The minimum atomic E-state index is -0.0146. The molecule has 0 radical (unpaired) electrons. The van der Waals surface area contributed by atoms with Crippen molar-refractivity contribution in [3.05, 3.63) is 53.0 Å². The number of aryl methyl sites for hydroxylation is 2. The van der Waals surface area contributed by atoms with E-state index in [9.17, 15) is 4.79 Å². The van der Waals surface area contributed by atoms with E-state index in [1.54, 1.807) is 22.4 Å². The molecule has 0 aliphatic rings. The Hall–Kier alpha value is -2.30. The van der Waals surface area contributed by atoms with Crippen LogP contribution in [0.25, 0.3) is 11.0 Å². The summed E-state index contributed by atoms with van der Waals surface area (Å²) >= 11 is 0. The lowest BCUT2D eigenvalue weighted by Gasteiger charge is -2.03. The summed E-state index contributed by atoms with van der Waals surface area (Å²) in [5.41, 5.74) is 1.86. The molecule has 0 saturated heterocycles. The molecular weight excluding hydrogens is 228 g/mol. The summed E-state index contributed by atoms with van der Waals surface area (Å²) in [6.07, 6.45) is 3.62. The van der Waals surface area contributed by atoms with E-state index in [1.165, 1.54) is 0 Å². The van der Waals surface area contributed by atoms with Gasteiger partial charge in [-0.05, 0) is 12.1 Å². The maximum Gasteiger partial charge on any atom is 0.329 e. The molecule has 2 heterocycles. The maximum absolute atomic E-state index is 12.2. The highest BCUT2D eigenvalue weighted by atomic mass is 16.1. The highest BCUT2D eigenvalue weighted by Gasteiger charge is 2.11. The normalized spacial score (nSPS) is 11.2. The summed E-state index contributed by atoms with van der Waals surface area (Å²) in [5, 5.41) is 0. The van der Waals surface area contributed by atoms with E-state index < -0.39 is 0 Å². The number of aromatic nitrogens is 4. The van der Waals surface area contributed by atoms with E-state index in [0.29, 0.717) is 6.54 Å². The van der Waals surface area contributed by atoms with Gasteiger partial charge in [0.05, 0.1) is 17.6 Å². The van der Waals surface area contributed by atoms with Crippen molar-refractivity contribution in [1.29, 1.82) is 0 Å². The standard InChI is InChI=1S/C13H14N4O/c1-15-8-7-14-12(15)9-17-11-6-4-3-5-10(11)16(2)13(17)18/h3-8H,9H2,1-2H3. The van der Waals surface area contributed by atoms with Crippen LogP contribution in [0.3, 0.4) is 0 Å². The van der Waals surface area contributed by atoms with Crippen LogP contribution in [-0.2, 0) is 20.6 Å². The van der Waals surface area contributed by atoms with E-state index in [2.05, 4.69) is 4.98 Å². The van der Waals surface area contributed by atoms with Crippen LogP contribution in [0.5, 0.6) is 0 Å². The predicted octanol–water partition coefficient (Wildman–Crippen LogP) is 1.12. The molecule has 0 bridgehead atoms. The minimum Gasteiger partial charge on any atom is -0.337 e. The number of nitrogens with zero attached hydrogens (tertiary/aromatic N) is 4. The van der Waals surface area contributed by atoms with Gasteiger partial charge in [-0.3, -0.25) is 9.13 Å². The van der Waals surface area contributed by atoms with Gasteiger partial charge in [-0.1, -0.05) is 12.1 Å². The smallest absolute Gasteiger partial charge is 0.329 e. The Morgan fingerprint density at radius 2 is 1.89 bits per heavy atom. The first-order valence-electron chi connectivity index (χ1n) is 5.79. The number of para-hydroxylation sites is 2. The summed E-state index contributed by atoms with van der Waals surface area (Å²) in [4.78, 5) is 16.5. The van der Waals surface area contributed by atoms with Crippen LogP contribution in [0, 0.1) is 0 Å². The lowest BCUT2D eigenvalue weighted by molar-refractivity contribution is 0.674. The zero-order valence-electron chi connectivity index (χ0n) is 10.4. The lowest BCUT2D eigenvalue weighted by Crippen LogP contribution is -2.23. The van der Waals surface area contributed by atoms with Gasteiger partial charge in [0.2, 0.25) is 0 Å². The molecule has 3 rings (SSSR count). The van der Waals surface area contributed by atoms with Crippen molar-refractivity contribution in [1.82, 2.24) is 18.7 Å². The van der Waals surface area contributed by atoms with Crippen LogP contribution < -0.4 is 5.69 Å². The van der Waals surface area contributed by atoms with Gasteiger partial charge in [0.25, 0.3) is 0 Å². The van der Waals surface area contributed by atoms with Crippen LogP contribution in [0.4, 0.5) is 0 Å². The fourth-order valence-electron chi connectivity index (χ4n) is 2.21. The van der Waals surface area contributed by atoms with Crippen molar-refractivity contribution < 1.29 is 0 Å². The van der Waals surface area contributed by atoms with Crippen LogP contribution in [-0.4, -0.2) is 18.7 Å². The zero-order chi connectivity index (χ0) is 12.7. The van der Waals surface area contributed by atoms with Gasteiger partial charge in [0, 0.05) is 26.5 Å². The van der Waals surface area contributed by atoms with Crippen molar-refractivity contribution in [2.45, 2.75) is 6.54 Å². The zero-order valence-corrected chi connectivity index (χ0v) is 10.4. The Morgan fingerprint density at radius 1 is 1.17 bits per heavy atom. The third-order valence-electron chi connectivity index (χ3n) is 3.27. The summed E-state index contributed by atoms with van der Waals surface area (Å²) in [6.45, 7) is 0.490. The molecule has 0 amide bonds. The first-order valence-corrected chi connectivity index (χ1v) is 5.79. The first-order chi connectivity index (χ1) is 8.68. The quantitative estimate of drug-likeness (QED) is 0.676. The highest BCUT2D eigenvalue weighted by molar-refractivity contribution is 5.75. The van der Waals surface area contributed by atoms with Crippen LogP contribution in [0.2, 0.25) is 0 Å². The number of imidazole rings is 2. The molecule has 0 atom stereocenters. The second-order valence-corrected chi connectivity index (χ2v) is 4.37. The molecule has 92 valence electrons. The van der Waals surface area contributed by atoms with Crippen molar-refractivity contribution in [2.24, 2.45) is 14.1 Å². The highest BCUT2D eigenvalue weighted by Crippen LogP contribution is 2.12. The fraction of sp³-hybridized carbons (Fsp3) is 0.231. The molecule has 0 spiro atoms. The van der Waals surface area contributed by atoms with Crippen molar-refractivity contribution in [3.8, 4) is 0 Å². The van der Waals surface area contributed by atoms with E-state index >= 15 is 0 Å². The summed E-state index contributed by atoms with van der Waals surface area (Å²) in [5.74, 6) is 0.869. The molecule has 0 unspecified atom stereocenters. The van der Waals surface area contributed by atoms with Crippen LogP contribution in [0.1, 0.15) is 5.82 Å². The monoisotopic (exact) mass is 242 g/mol. The molecule has 0 N–H and O–H groups in total. The van der Waals surface area contributed by atoms with E-state index in [1.807, 2.05) is 42.1 Å². The lowest BCUT2D eigenvalue weighted by atomic mass is 10.3. The van der Waals surface area contributed by atoms with Crippen molar-refractivity contribution in [2.75, 3.05) is 0 Å².